The Labute approximate surface area is 136 Å². The topological polar surface area (TPSA) is 69.0 Å². The first kappa shape index (κ1) is 17.0. The monoisotopic (exact) mass is 316 g/mol. The Morgan fingerprint density at radius 3 is 2.87 bits per heavy atom. The summed E-state index contributed by atoms with van der Waals surface area (Å²) in [5.41, 5.74) is 0.776. The summed E-state index contributed by atoms with van der Waals surface area (Å²) in [7, 11) is 0. The highest BCUT2D eigenvalue weighted by atomic mass is 16.5. The van der Waals surface area contributed by atoms with E-state index in [2.05, 4.69) is 22.6 Å². The molecule has 1 atom stereocenters. The molecule has 23 heavy (non-hydrogen) atoms. The Hall–Kier alpha value is -2.37. The van der Waals surface area contributed by atoms with Crippen LogP contribution in [0, 0.1) is 0 Å². The fourth-order valence-electron chi connectivity index (χ4n) is 2.04. The third-order valence-electron chi connectivity index (χ3n) is 3.53. The molecular weight excluding hydrogens is 292 g/mol. The maximum absolute atomic E-state index is 11.7. The van der Waals surface area contributed by atoms with Crippen LogP contribution in [0.3, 0.4) is 0 Å². The van der Waals surface area contributed by atoms with Gasteiger partial charge in [0.15, 0.2) is 0 Å². The molecule has 6 nitrogen and oxygen atoms in total. The molecule has 2 aromatic rings. The molecular formula is C17H24N4O2. The second-order valence-electron chi connectivity index (χ2n) is 5.56. The second-order valence-corrected chi connectivity index (χ2v) is 5.56. The first-order chi connectivity index (χ1) is 11.2. The zero-order valence-corrected chi connectivity index (χ0v) is 13.7. The molecule has 0 bridgehead atoms. The molecule has 0 radical (unpaired) electrons. The van der Waals surface area contributed by atoms with Crippen LogP contribution in [0.2, 0.25) is 0 Å². The van der Waals surface area contributed by atoms with Gasteiger partial charge in [-0.05, 0) is 31.9 Å². The Kier molecular flexibility index (Phi) is 6.59. The molecule has 1 N–H and O–H groups in total. The number of nitrogens with one attached hydrogen (secondary N) is 1. The molecule has 0 spiro atoms. The molecule has 6 heteroatoms. The Bertz CT molecular complexity index is 598. The van der Waals surface area contributed by atoms with Crippen molar-refractivity contribution < 1.29 is 9.53 Å². The maximum atomic E-state index is 11.7. The molecule has 2 rings (SSSR count). The molecule has 1 heterocycles. The molecule has 0 fully saturated rings. The summed E-state index contributed by atoms with van der Waals surface area (Å²) in [6.07, 6.45) is 4.04. The Morgan fingerprint density at radius 2 is 2.13 bits per heavy atom. The molecule has 1 aromatic carbocycles. The predicted molar refractivity (Wildman–Crippen MR) is 87.9 cm³/mol. The van der Waals surface area contributed by atoms with E-state index in [1.807, 2.05) is 43.5 Å². The van der Waals surface area contributed by atoms with E-state index in [9.17, 15) is 4.79 Å². The summed E-state index contributed by atoms with van der Waals surface area (Å²) >= 11 is 0. The summed E-state index contributed by atoms with van der Waals surface area (Å²) in [6.45, 7) is 5.12. The van der Waals surface area contributed by atoms with Crippen LogP contribution < -0.4 is 10.1 Å². The van der Waals surface area contributed by atoms with Crippen molar-refractivity contribution in [2.75, 3.05) is 0 Å². The van der Waals surface area contributed by atoms with E-state index in [1.54, 1.807) is 4.68 Å². The number of carbonyl (C=O) groups excluding carboxylic acids is 1. The lowest BCUT2D eigenvalue weighted by atomic mass is 10.2. The molecule has 1 amide bonds. The van der Waals surface area contributed by atoms with Gasteiger partial charge in [-0.2, -0.15) is 0 Å². The van der Waals surface area contributed by atoms with Crippen molar-refractivity contribution in [1.82, 2.24) is 20.3 Å². The average molecular weight is 316 g/mol. The van der Waals surface area contributed by atoms with Crippen LogP contribution in [0.1, 0.15) is 38.8 Å². The van der Waals surface area contributed by atoms with Gasteiger partial charge < -0.3 is 10.1 Å². The van der Waals surface area contributed by atoms with Gasteiger partial charge in [-0.1, -0.05) is 30.3 Å². The van der Waals surface area contributed by atoms with Gasteiger partial charge in [-0.3, -0.25) is 9.48 Å². The number of carbonyl (C=O) groups is 1. The number of aryl methyl sites for hydroxylation is 1. The average Bonchev–Trinajstić information content (AvgIpc) is 3.01. The number of ether oxygens (including phenoxy) is 1. The van der Waals surface area contributed by atoms with Crippen molar-refractivity contribution in [2.45, 2.75) is 52.3 Å². The molecule has 0 saturated heterocycles. The van der Waals surface area contributed by atoms with Crippen LogP contribution in [0.25, 0.3) is 0 Å². The number of rotatable bonds is 9. The van der Waals surface area contributed by atoms with Crippen LogP contribution in [0.5, 0.6) is 5.75 Å². The van der Waals surface area contributed by atoms with Crippen LogP contribution in [-0.4, -0.2) is 26.9 Å². The zero-order chi connectivity index (χ0) is 16.5. The minimum absolute atomic E-state index is 0.0899. The van der Waals surface area contributed by atoms with E-state index < -0.39 is 0 Å². The van der Waals surface area contributed by atoms with Crippen molar-refractivity contribution >= 4 is 5.91 Å². The smallest absolute Gasteiger partial charge is 0.220 e. The van der Waals surface area contributed by atoms with Crippen molar-refractivity contribution in [2.24, 2.45) is 0 Å². The quantitative estimate of drug-likeness (QED) is 0.772. The lowest BCUT2D eigenvalue weighted by molar-refractivity contribution is -0.121. The van der Waals surface area contributed by atoms with E-state index in [1.165, 1.54) is 0 Å². The van der Waals surface area contributed by atoms with Crippen LogP contribution in [-0.2, 0) is 17.9 Å². The first-order valence-electron chi connectivity index (χ1n) is 8.03. The van der Waals surface area contributed by atoms with Crippen LogP contribution in [0.4, 0.5) is 0 Å². The van der Waals surface area contributed by atoms with Crippen molar-refractivity contribution in [3.8, 4) is 5.75 Å². The first-order valence-corrected chi connectivity index (χ1v) is 8.03. The molecule has 124 valence electrons. The summed E-state index contributed by atoms with van der Waals surface area (Å²) in [4.78, 5) is 11.7. The maximum Gasteiger partial charge on any atom is 0.220 e. The number of para-hydroxylation sites is 1. The number of amides is 1. The van der Waals surface area contributed by atoms with Gasteiger partial charge in [0.2, 0.25) is 5.91 Å². The third kappa shape index (κ3) is 6.10. The van der Waals surface area contributed by atoms with Gasteiger partial charge in [0.1, 0.15) is 18.1 Å². The Balaban J connectivity index is 1.69. The summed E-state index contributed by atoms with van der Waals surface area (Å²) < 4.78 is 7.37. The lowest BCUT2D eigenvalue weighted by Crippen LogP contribution is -2.31. The molecule has 0 saturated carbocycles. The summed E-state index contributed by atoms with van der Waals surface area (Å²) in [5, 5.41) is 11.1. The molecule has 1 aromatic heterocycles. The van der Waals surface area contributed by atoms with E-state index in [-0.39, 0.29) is 11.9 Å². The van der Waals surface area contributed by atoms with E-state index in [0.717, 1.165) is 24.3 Å². The van der Waals surface area contributed by atoms with Gasteiger partial charge >= 0.3 is 0 Å². The van der Waals surface area contributed by atoms with Gasteiger partial charge in [-0.25, -0.2) is 0 Å². The highest BCUT2D eigenvalue weighted by Gasteiger charge is 2.06. The zero-order valence-electron chi connectivity index (χ0n) is 13.7. The van der Waals surface area contributed by atoms with Crippen molar-refractivity contribution in [3.63, 3.8) is 0 Å². The standard InChI is InChI=1S/C17H24N4O2/c1-3-14(2)18-17(22)10-7-11-21-12-15(19-20-21)13-23-16-8-5-4-6-9-16/h4-6,8-9,12,14H,3,7,10-11,13H2,1-2H3,(H,18,22). The third-order valence-corrected chi connectivity index (χ3v) is 3.53. The largest absolute Gasteiger partial charge is 0.487 e. The number of nitrogens with zero attached hydrogens (tertiary/aromatic N) is 3. The number of aromatic nitrogens is 3. The molecule has 0 aliphatic carbocycles. The van der Waals surface area contributed by atoms with Crippen LogP contribution in [0.15, 0.2) is 36.5 Å². The second kappa shape index (κ2) is 8.92. The van der Waals surface area contributed by atoms with Crippen LogP contribution >= 0.6 is 0 Å². The molecule has 0 aliphatic rings. The van der Waals surface area contributed by atoms with Gasteiger partial charge in [0.05, 0.1) is 6.20 Å². The van der Waals surface area contributed by atoms with Gasteiger partial charge in [-0.15, -0.1) is 5.10 Å². The van der Waals surface area contributed by atoms with Gasteiger partial charge in [0, 0.05) is 19.0 Å². The van der Waals surface area contributed by atoms with Crippen molar-refractivity contribution in [3.05, 3.63) is 42.2 Å². The number of benzene rings is 1. The normalized spacial score (nSPS) is 11.9. The molecule has 1 unspecified atom stereocenters. The minimum atomic E-state index is 0.0899. The fourth-order valence-corrected chi connectivity index (χ4v) is 2.04. The highest BCUT2D eigenvalue weighted by Crippen LogP contribution is 2.10. The lowest BCUT2D eigenvalue weighted by Gasteiger charge is -2.10. The summed E-state index contributed by atoms with van der Waals surface area (Å²) in [5.74, 6) is 0.899. The van der Waals surface area contributed by atoms with Gasteiger partial charge in [0.25, 0.3) is 0 Å². The SMILES string of the molecule is CCC(C)NC(=O)CCCn1cc(COc2ccccc2)nn1. The number of hydrogen-bond donors (Lipinski definition) is 1. The molecule has 0 aliphatic heterocycles. The Morgan fingerprint density at radius 1 is 1.35 bits per heavy atom. The summed E-state index contributed by atoms with van der Waals surface area (Å²) in [6, 6.07) is 9.84. The van der Waals surface area contributed by atoms with E-state index in [4.69, 9.17) is 4.74 Å². The predicted octanol–water partition coefficient (Wildman–Crippen LogP) is 2.55. The number of hydrogen-bond acceptors (Lipinski definition) is 4. The van der Waals surface area contributed by atoms with Crippen molar-refractivity contribution in [1.29, 1.82) is 0 Å². The highest BCUT2D eigenvalue weighted by molar-refractivity contribution is 5.76. The minimum Gasteiger partial charge on any atom is -0.487 e. The fraction of sp³-hybridized carbons (Fsp3) is 0.471. The van der Waals surface area contributed by atoms with E-state index in [0.29, 0.717) is 19.6 Å². The van der Waals surface area contributed by atoms with E-state index >= 15 is 0 Å².